The lowest BCUT2D eigenvalue weighted by Crippen LogP contribution is -2.20. The van der Waals surface area contributed by atoms with Crippen LogP contribution in [-0.4, -0.2) is 18.9 Å². The van der Waals surface area contributed by atoms with Crippen LogP contribution in [0, 0.1) is 5.82 Å². The molecule has 0 radical (unpaired) electrons. The number of hydrogen-bond donors (Lipinski definition) is 1. The summed E-state index contributed by atoms with van der Waals surface area (Å²) in [6.07, 6.45) is 0. The quantitative estimate of drug-likeness (QED) is 0.861. The van der Waals surface area contributed by atoms with Gasteiger partial charge in [0.1, 0.15) is 12.4 Å². The van der Waals surface area contributed by atoms with Gasteiger partial charge in [-0.2, -0.15) is 0 Å². The average molecular weight is 292 g/mol. The highest BCUT2D eigenvalue weighted by Crippen LogP contribution is 2.33. The highest BCUT2D eigenvalue weighted by molar-refractivity contribution is 6.35. The molecule has 1 aliphatic rings. The molecule has 0 fully saturated rings. The minimum atomic E-state index is -0.499. The molecule has 0 saturated heterocycles. The van der Waals surface area contributed by atoms with E-state index < -0.39 is 5.82 Å². The number of rotatable bonds is 2. The van der Waals surface area contributed by atoms with Crippen molar-refractivity contribution < 1.29 is 13.9 Å². The van der Waals surface area contributed by atoms with E-state index in [1.54, 1.807) is 12.1 Å². The molecule has 2 aromatic rings. The third-order valence-corrected chi connectivity index (χ3v) is 3.43. The van der Waals surface area contributed by atoms with E-state index >= 15 is 0 Å². The van der Waals surface area contributed by atoms with E-state index in [0.717, 1.165) is 11.8 Å². The standard InChI is InChI=1S/C15H11ClFNO2/c16-12-5-4-9(17)8-11(12)14(19)10-2-1-3-13-15(10)20-7-6-18-13/h1-5,8,18H,6-7H2. The van der Waals surface area contributed by atoms with Gasteiger partial charge < -0.3 is 10.1 Å². The number of para-hydroxylation sites is 1. The first kappa shape index (κ1) is 12.9. The fourth-order valence-corrected chi connectivity index (χ4v) is 2.37. The summed E-state index contributed by atoms with van der Waals surface area (Å²) in [6, 6.07) is 8.96. The zero-order valence-electron chi connectivity index (χ0n) is 10.5. The summed E-state index contributed by atoms with van der Waals surface area (Å²) < 4.78 is 18.9. The first-order valence-corrected chi connectivity index (χ1v) is 6.54. The highest BCUT2D eigenvalue weighted by Gasteiger charge is 2.22. The van der Waals surface area contributed by atoms with Gasteiger partial charge in [-0.3, -0.25) is 4.79 Å². The third kappa shape index (κ3) is 2.23. The van der Waals surface area contributed by atoms with Crippen LogP contribution in [0.4, 0.5) is 10.1 Å². The van der Waals surface area contributed by atoms with E-state index in [1.807, 2.05) is 6.07 Å². The number of ketones is 1. The van der Waals surface area contributed by atoms with Crippen molar-refractivity contribution in [3.05, 3.63) is 58.4 Å². The second-order valence-electron chi connectivity index (χ2n) is 4.41. The zero-order chi connectivity index (χ0) is 14.1. The molecule has 0 bridgehead atoms. The first-order chi connectivity index (χ1) is 9.66. The number of carbonyl (C=O) groups excluding carboxylic acids is 1. The molecule has 2 aromatic carbocycles. The number of benzene rings is 2. The molecule has 3 rings (SSSR count). The molecule has 102 valence electrons. The minimum absolute atomic E-state index is 0.134. The molecule has 5 heteroatoms. The largest absolute Gasteiger partial charge is 0.489 e. The number of hydrogen-bond acceptors (Lipinski definition) is 3. The van der Waals surface area contributed by atoms with Crippen molar-refractivity contribution in [2.24, 2.45) is 0 Å². The number of halogens is 2. The summed E-state index contributed by atoms with van der Waals surface area (Å²) in [6.45, 7) is 1.17. The summed E-state index contributed by atoms with van der Waals surface area (Å²) >= 11 is 5.98. The summed E-state index contributed by atoms with van der Waals surface area (Å²) in [4.78, 5) is 12.5. The third-order valence-electron chi connectivity index (χ3n) is 3.10. The minimum Gasteiger partial charge on any atom is -0.489 e. The van der Waals surface area contributed by atoms with Crippen molar-refractivity contribution in [2.75, 3.05) is 18.5 Å². The molecule has 3 nitrogen and oxygen atoms in total. The van der Waals surface area contributed by atoms with Crippen LogP contribution in [0.15, 0.2) is 36.4 Å². The van der Waals surface area contributed by atoms with Crippen LogP contribution in [-0.2, 0) is 0 Å². The number of fused-ring (bicyclic) bond motifs is 1. The summed E-state index contributed by atoms with van der Waals surface area (Å²) in [5, 5.41) is 3.37. The fraction of sp³-hybridized carbons (Fsp3) is 0.133. The molecule has 0 saturated carbocycles. The summed E-state index contributed by atoms with van der Waals surface area (Å²) in [5.41, 5.74) is 1.27. The zero-order valence-corrected chi connectivity index (χ0v) is 11.2. The molecule has 20 heavy (non-hydrogen) atoms. The van der Waals surface area contributed by atoms with E-state index in [2.05, 4.69) is 5.32 Å². The lowest BCUT2D eigenvalue weighted by molar-refractivity contribution is 0.103. The molecule has 0 amide bonds. The van der Waals surface area contributed by atoms with Crippen LogP contribution in [0.5, 0.6) is 5.75 Å². The van der Waals surface area contributed by atoms with Gasteiger partial charge in [0.2, 0.25) is 0 Å². The first-order valence-electron chi connectivity index (χ1n) is 6.16. The molecule has 1 N–H and O–H groups in total. The molecular formula is C15H11ClFNO2. The van der Waals surface area contributed by atoms with Gasteiger partial charge >= 0.3 is 0 Å². The topological polar surface area (TPSA) is 38.3 Å². The van der Waals surface area contributed by atoms with Crippen molar-refractivity contribution in [1.29, 1.82) is 0 Å². The van der Waals surface area contributed by atoms with E-state index in [4.69, 9.17) is 16.3 Å². The predicted molar refractivity (Wildman–Crippen MR) is 75.3 cm³/mol. The van der Waals surface area contributed by atoms with Crippen molar-refractivity contribution in [2.45, 2.75) is 0 Å². The maximum absolute atomic E-state index is 13.3. The van der Waals surface area contributed by atoms with Gasteiger partial charge in [-0.25, -0.2) is 4.39 Å². The lowest BCUT2D eigenvalue weighted by atomic mass is 10.0. The van der Waals surface area contributed by atoms with Crippen LogP contribution in [0.2, 0.25) is 5.02 Å². The van der Waals surface area contributed by atoms with Crippen LogP contribution in [0.3, 0.4) is 0 Å². The maximum atomic E-state index is 13.3. The van der Waals surface area contributed by atoms with Gasteiger partial charge in [-0.05, 0) is 30.3 Å². The van der Waals surface area contributed by atoms with E-state index in [-0.39, 0.29) is 16.4 Å². The van der Waals surface area contributed by atoms with Crippen molar-refractivity contribution in [3.63, 3.8) is 0 Å². The molecule has 0 spiro atoms. The van der Waals surface area contributed by atoms with Gasteiger partial charge in [0.15, 0.2) is 11.5 Å². The number of carbonyl (C=O) groups is 1. The Morgan fingerprint density at radius 1 is 1.25 bits per heavy atom. The lowest BCUT2D eigenvalue weighted by Gasteiger charge is -2.21. The monoisotopic (exact) mass is 291 g/mol. The normalized spacial score (nSPS) is 13.1. The van der Waals surface area contributed by atoms with Gasteiger partial charge in [-0.1, -0.05) is 17.7 Å². The number of nitrogens with one attached hydrogen (secondary N) is 1. The molecular weight excluding hydrogens is 281 g/mol. The Balaban J connectivity index is 2.09. The van der Waals surface area contributed by atoms with Gasteiger partial charge in [0.05, 0.1) is 16.3 Å². The smallest absolute Gasteiger partial charge is 0.198 e. The van der Waals surface area contributed by atoms with Crippen molar-refractivity contribution >= 4 is 23.1 Å². The van der Waals surface area contributed by atoms with Gasteiger partial charge in [0.25, 0.3) is 0 Å². The Labute approximate surface area is 120 Å². The molecule has 1 aliphatic heterocycles. The maximum Gasteiger partial charge on any atom is 0.198 e. The number of anilines is 1. The Morgan fingerprint density at radius 3 is 2.95 bits per heavy atom. The van der Waals surface area contributed by atoms with Crippen LogP contribution in [0.25, 0.3) is 0 Å². The molecule has 0 unspecified atom stereocenters. The van der Waals surface area contributed by atoms with Crippen LogP contribution >= 0.6 is 11.6 Å². The molecule has 0 atom stereocenters. The van der Waals surface area contributed by atoms with Crippen LogP contribution in [0.1, 0.15) is 15.9 Å². The Kier molecular flexibility index (Phi) is 3.32. The van der Waals surface area contributed by atoms with E-state index in [0.29, 0.717) is 24.5 Å². The Morgan fingerprint density at radius 2 is 2.10 bits per heavy atom. The van der Waals surface area contributed by atoms with Crippen molar-refractivity contribution in [1.82, 2.24) is 0 Å². The van der Waals surface area contributed by atoms with E-state index in [1.165, 1.54) is 12.1 Å². The fourth-order valence-electron chi connectivity index (χ4n) is 2.17. The average Bonchev–Trinajstić information content (AvgIpc) is 2.48. The Bertz CT molecular complexity index is 688. The number of ether oxygens (including phenoxy) is 1. The predicted octanol–water partition coefficient (Wildman–Crippen LogP) is 3.51. The SMILES string of the molecule is O=C(c1cc(F)ccc1Cl)c1cccc2c1OCCN2. The second-order valence-corrected chi connectivity index (χ2v) is 4.82. The van der Waals surface area contributed by atoms with Gasteiger partial charge in [0, 0.05) is 12.1 Å². The Hall–Kier alpha value is -2.07. The second kappa shape index (κ2) is 5.13. The molecule has 0 aromatic heterocycles. The van der Waals surface area contributed by atoms with E-state index in [9.17, 15) is 9.18 Å². The van der Waals surface area contributed by atoms with Crippen LogP contribution < -0.4 is 10.1 Å². The van der Waals surface area contributed by atoms with Gasteiger partial charge in [-0.15, -0.1) is 0 Å². The summed E-state index contributed by atoms with van der Waals surface area (Å²) in [5.74, 6) is -0.360. The molecule has 1 heterocycles. The highest BCUT2D eigenvalue weighted by atomic mass is 35.5. The summed E-state index contributed by atoms with van der Waals surface area (Å²) in [7, 11) is 0. The van der Waals surface area contributed by atoms with Crippen molar-refractivity contribution in [3.8, 4) is 5.75 Å². The molecule has 0 aliphatic carbocycles.